The summed E-state index contributed by atoms with van der Waals surface area (Å²) in [6.07, 6.45) is 0.758. The van der Waals surface area contributed by atoms with E-state index in [2.05, 4.69) is 0 Å². The van der Waals surface area contributed by atoms with Gasteiger partial charge in [0, 0.05) is 22.5 Å². The summed E-state index contributed by atoms with van der Waals surface area (Å²) in [6.45, 7) is 1.63. The van der Waals surface area contributed by atoms with Crippen LogP contribution in [0.5, 0.6) is 0 Å². The largest absolute Gasteiger partial charge is 0.281 e. The van der Waals surface area contributed by atoms with Crippen LogP contribution in [0.15, 0.2) is 47.4 Å². The van der Waals surface area contributed by atoms with Crippen molar-refractivity contribution in [2.24, 2.45) is 0 Å². The van der Waals surface area contributed by atoms with Crippen LogP contribution in [0.25, 0.3) is 0 Å². The van der Waals surface area contributed by atoms with E-state index in [-0.39, 0.29) is 22.0 Å². The van der Waals surface area contributed by atoms with Crippen LogP contribution >= 0.6 is 34.8 Å². The lowest BCUT2D eigenvalue weighted by atomic mass is 10.1. The van der Waals surface area contributed by atoms with E-state index in [4.69, 9.17) is 34.8 Å². The molecule has 0 fully saturated rings. The smallest absolute Gasteiger partial charge is 0.264 e. The van der Waals surface area contributed by atoms with Crippen LogP contribution in [0.2, 0.25) is 10.0 Å². The van der Waals surface area contributed by atoms with E-state index in [1.807, 2.05) is 0 Å². The molecule has 2 aromatic carbocycles. The highest BCUT2D eigenvalue weighted by atomic mass is 35.5. The highest BCUT2D eigenvalue weighted by Gasteiger charge is 2.31. The first-order chi connectivity index (χ1) is 12.6. The third-order valence-corrected chi connectivity index (χ3v) is 6.53. The fraction of sp³-hybridized carbons (Fsp3) is 0.278. The van der Waals surface area contributed by atoms with Gasteiger partial charge in [-0.05, 0) is 73.8 Å². The topological polar surface area (TPSA) is 54.5 Å². The van der Waals surface area contributed by atoms with E-state index in [0.717, 1.165) is 10.4 Å². The molecular formula is C18H17Cl3FNO3S. The molecule has 0 bridgehead atoms. The average molecular weight is 453 g/mol. The molecule has 0 aromatic heterocycles. The van der Waals surface area contributed by atoms with Gasteiger partial charge in [0.2, 0.25) is 5.24 Å². The van der Waals surface area contributed by atoms with Crippen LogP contribution in [0.4, 0.5) is 10.1 Å². The fourth-order valence-electron chi connectivity index (χ4n) is 2.63. The number of sulfonamides is 1. The second-order valence-corrected chi connectivity index (χ2v) is 9.06. The molecule has 0 spiro atoms. The van der Waals surface area contributed by atoms with Gasteiger partial charge in [-0.3, -0.25) is 9.10 Å². The van der Waals surface area contributed by atoms with Gasteiger partial charge in [-0.1, -0.05) is 23.2 Å². The van der Waals surface area contributed by atoms with Gasteiger partial charge in [0.25, 0.3) is 10.0 Å². The number of carbonyl (C=O) groups excluding carboxylic acids is 1. The first-order valence-electron chi connectivity index (χ1n) is 8.06. The van der Waals surface area contributed by atoms with E-state index < -0.39 is 27.1 Å². The Labute approximate surface area is 172 Å². The van der Waals surface area contributed by atoms with Gasteiger partial charge in [-0.15, -0.1) is 0 Å². The molecule has 27 heavy (non-hydrogen) atoms. The summed E-state index contributed by atoms with van der Waals surface area (Å²) in [5, 5.41) is 0.0668. The number of nitrogens with zero attached hydrogens (tertiary/aromatic N) is 1. The zero-order valence-corrected chi connectivity index (χ0v) is 17.4. The molecule has 4 nitrogen and oxygen atoms in total. The zero-order valence-electron chi connectivity index (χ0n) is 14.3. The average Bonchev–Trinajstić information content (AvgIpc) is 2.58. The number of hydrogen-bond acceptors (Lipinski definition) is 3. The van der Waals surface area contributed by atoms with Crippen molar-refractivity contribution >= 4 is 55.8 Å². The van der Waals surface area contributed by atoms with E-state index in [9.17, 15) is 17.6 Å². The Hall–Kier alpha value is -1.34. The van der Waals surface area contributed by atoms with Crippen molar-refractivity contribution in [3.05, 3.63) is 58.3 Å². The Morgan fingerprint density at radius 3 is 2.30 bits per heavy atom. The molecule has 0 N–H and O–H groups in total. The third kappa shape index (κ3) is 5.57. The molecule has 2 rings (SSSR count). The monoisotopic (exact) mass is 451 g/mol. The van der Waals surface area contributed by atoms with Crippen LogP contribution < -0.4 is 4.31 Å². The van der Waals surface area contributed by atoms with Crippen LogP contribution in [-0.4, -0.2) is 19.7 Å². The van der Waals surface area contributed by atoms with E-state index in [0.29, 0.717) is 17.9 Å². The summed E-state index contributed by atoms with van der Waals surface area (Å²) >= 11 is 17.1. The van der Waals surface area contributed by atoms with E-state index in [1.165, 1.54) is 36.4 Å². The molecule has 2 aromatic rings. The second-order valence-electron chi connectivity index (χ2n) is 5.95. The van der Waals surface area contributed by atoms with Gasteiger partial charge in [0.15, 0.2) is 0 Å². The lowest BCUT2D eigenvalue weighted by Crippen LogP contribution is -2.39. The minimum Gasteiger partial charge on any atom is -0.281 e. The first-order valence-corrected chi connectivity index (χ1v) is 10.6. The Kier molecular flexibility index (Phi) is 7.51. The van der Waals surface area contributed by atoms with Crippen molar-refractivity contribution in [3.63, 3.8) is 0 Å². The standard InChI is InChI=1S/C18H17Cl3FNO3S/c1-12(3-2-4-18(21)24)23(17-11-14(20)7-10-16(17)22)27(25,26)15-8-5-13(19)6-9-15/h5-12H,2-4H2,1H3. The molecular weight excluding hydrogens is 436 g/mol. The molecule has 0 aliphatic heterocycles. The van der Waals surface area contributed by atoms with Crippen LogP contribution in [0.1, 0.15) is 26.2 Å². The number of benzene rings is 2. The fourth-order valence-corrected chi connectivity index (χ4v) is 4.74. The van der Waals surface area contributed by atoms with Crippen LogP contribution in [0, 0.1) is 5.82 Å². The summed E-state index contributed by atoms with van der Waals surface area (Å²) < 4.78 is 41.9. The second kappa shape index (κ2) is 9.24. The Balaban J connectivity index is 2.50. The van der Waals surface area contributed by atoms with Crippen molar-refractivity contribution in [2.75, 3.05) is 4.31 Å². The summed E-state index contributed by atoms with van der Waals surface area (Å²) in [5.74, 6) is -0.725. The summed E-state index contributed by atoms with van der Waals surface area (Å²) in [5.41, 5.74) is -0.165. The van der Waals surface area contributed by atoms with Gasteiger partial charge in [0.05, 0.1) is 10.6 Å². The normalized spacial score (nSPS) is 12.6. The van der Waals surface area contributed by atoms with Crippen molar-refractivity contribution in [2.45, 2.75) is 37.1 Å². The number of carbonyl (C=O) groups is 1. The molecule has 1 unspecified atom stereocenters. The molecule has 0 saturated carbocycles. The number of hydrogen-bond donors (Lipinski definition) is 0. The maximum absolute atomic E-state index is 14.5. The van der Waals surface area contributed by atoms with E-state index in [1.54, 1.807) is 6.92 Å². The minimum absolute atomic E-state index is 0.0356. The highest BCUT2D eigenvalue weighted by Crippen LogP contribution is 2.32. The number of anilines is 1. The van der Waals surface area contributed by atoms with Crippen LogP contribution in [-0.2, 0) is 14.8 Å². The van der Waals surface area contributed by atoms with Gasteiger partial charge >= 0.3 is 0 Å². The number of rotatable bonds is 8. The van der Waals surface area contributed by atoms with Gasteiger partial charge in [-0.25, -0.2) is 12.8 Å². The van der Waals surface area contributed by atoms with Crippen molar-refractivity contribution in [1.82, 2.24) is 0 Å². The lowest BCUT2D eigenvalue weighted by molar-refractivity contribution is -0.111. The van der Waals surface area contributed by atoms with Crippen molar-refractivity contribution in [1.29, 1.82) is 0 Å². The maximum atomic E-state index is 14.5. The highest BCUT2D eigenvalue weighted by molar-refractivity contribution is 7.92. The Bertz CT molecular complexity index is 920. The summed E-state index contributed by atoms with van der Waals surface area (Å²) in [6, 6.07) is 8.64. The first kappa shape index (κ1) is 22.0. The molecule has 146 valence electrons. The number of halogens is 4. The van der Waals surface area contributed by atoms with Crippen molar-refractivity contribution < 1.29 is 17.6 Å². The van der Waals surface area contributed by atoms with Crippen molar-refractivity contribution in [3.8, 4) is 0 Å². The van der Waals surface area contributed by atoms with Gasteiger partial charge in [-0.2, -0.15) is 0 Å². The molecule has 0 aliphatic carbocycles. The molecule has 0 saturated heterocycles. The third-order valence-electron chi connectivity index (χ3n) is 3.91. The zero-order chi connectivity index (χ0) is 20.2. The quantitative estimate of drug-likeness (QED) is 0.486. The summed E-state index contributed by atoms with van der Waals surface area (Å²) in [4.78, 5) is 10.9. The molecule has 1 atom stereocenters. The molecule has 0 heterocycles. The molecule has 0 aliphatic rings. The minimum atomic E-state index is -4.10. The van der Waals surface area contributed by atoms with E-state index >= 15 is 0 Å². The van der Waals surface area contributed by atoms with Gasteiger partial charge in [0.1, 0.15) is 5.82 Å². The molecule has 0 radical (unpaired) electrons. The summed E-state index contributed by atoms with van der Waals surface area (Å²) in [7, 11) is -4.10. The molecule has 9 heteroatoms. The van der Waals surface area contributed by atoms with Gasteiger partial charge < -0.3 is 0 Å². The van der Waals surface area contributed by atoms with Crippen LogP contribution in [0.3, 0.4) is 0 Å². The SMILES string of the molecule is CC(CCCC(=O)Cl)N(c1cc(Cl)ccc1F)S(=O)(=O)c1ccc(Cl)cc1. The lowest BCUT2D eigenvalue weighted by Gasteiger charge is -2.31. The maximum Gasteiger partial charge on any atom is 0.264 e. The predicted octanol–water partition coefficient (Wildman–Crippen LogP) is 5.65. The molecule has 0 amide bonds. The Morgan fingerprint density at radius 2 is 1.70 bits per heavy atom. The predicted molar refractivity (Wildman–Crippen MR) is 107 cm³/mol. The Morgan fingerprint density at radius 1 is 1.11 bits per heavy atom.